The number of methoxy groups -OCH3 is 1. The fraction of sp³-hybridized carbons (Fsp3) is 0.190. The molecule has 0 aliphatic carbocycles. The molecule has 1 aromatic heterocycles. The molecule has 29 heavy (non-hydrogen) atoms. The van der Waals surface area contributed by atoms with Gasteiger partial charge in [-0.05, 0) is 36.2 Å². The minimum atomic E-state index is -0.572. The van der Waals surface area contributed by atoms with Crippen molar-refractivity contribution in [2.24, 2.45) is 0 Å². The van der Waals surface area contributed by atoms with E-state index in [1.54, 1.807) is 30.5 Å². The molecule has 1 heterocycles. The van der Waals surface area contributed by atoms with E-state index in [2.05, 4.69) is 36.3 Å². The quantitative estimate of drug-likeness (QED) is 0.594. The second-order valence-corrected chi connectivity index (χ2v) is 6.43. The van der Waals surface area contributed by atoms with Crippen molar-refractivity contribution < 1.29 is 14.3 Å². The second kappa shape index (κ2) is 9.41. The summed E-state index contributed by atoms with van der Waals surface area (Å²) < 4.78 is 6.62. The summed E-state index contributed by atoms with van der Waals surface area (Å²) in [5.41, 5.74) is 3.21. The van der Waals surface area contributed by atoms with Gasteiger partial charge in [0.05, 0.1) is 7.11 Å². The van der Waals surface area contributed by atoms with Crippen LogP contribution in [0.1, 0.15) is 17.0 Å². The van der Waals surface area contributed by atoms with Crippen LogP contribution in [0.15, 0.2) is 60.9 Å². The van der Waals surface area contributed by atoms with E-state index < -0.39 is 6.09 Å². The molecule has 0 spiro atoms. The largest absolute Gasteiger partial charge is 0.453 e. The van der Waals surface area contributed by atoms with E-state index in [1.807, 2.05) is 31.3 Å². The van der Waals surface area contributed by atoms with Crippen LogP contribution in [0.3, 0.4) is 0 Å². The Balaban J connectivity index is 1.54. The third kappa shape index (κ3) is 5.83. The van der Waals surface area contributed by atoms with Crippen LogP contribution in [0.2, 0.25) is 0 Å². The molecule has 3 aromatic rings. The van der Waals surface area contributed by atoms with E-state index >= 15 is 0 Å². The first kappa shape index (κ1) is 19.9. The Morgan fingerprint density at radius 1 is 1.03 bits per heavy atom. The van der Waals surface area contributed by atoms with Gasteiger partial charge < -0.3 is 19.9 Å². The molecule has 3 N–H and O–H groups in total. The number of imidazole rings is 1. The number of rotatable bonds is 6. The van der Waals surface area contributed by atoms with Crippen molar-refractivity contribution in [1.82, 2.24) is 14.9 Å². The molecule has 8 nitrogen and oxygen atoms in total. The van der Waals surface area contributed by atoms with Gasteiger partial charge in [0, 0.05) is 36.9 Å². The zero-order valence-corrected chi connectivity index (χ0v) is 16.3. The fourth-order valence-corrected chi connectivity index (χ4v) is 2.81. The number of aryl methyl sites for hydroxylation is 1. The number of amides is 3. The highest BCUT2D eigenvalue weighted by atomic mass is 16.5. The molecule has 0 fully saturated rings. The Morgan fingerprint density at radius 2 is 1.76 bits per heavy atom. The van der Waals surface area contributed by atoms with Crippen LogP contribution >= 0.6 is 0 Å². The van der Waals surface area contributed by atoms with Crippen molar-refractivity contribution in [3.8, 4) is 0 Å². The van der Waals surface area contributed by atoms with Crippen LogP contribution in [0, 0.1) is 6.92 Å². The molecule has 0 aliphatic rings. The minimum Gasteiger partial charge on any atom is -0.453 e. The molecule has 3 amide bonds. The third-order valence-electron chi connectivity index (χ3n) is 4.27. The van der Waals surface area contributed by atoms with Crippen molar-refractivity contribution in [2.45, 2.75) is 20.0 Å². The number of hydrogen-bond donors (Lipinski definition) is 3. The van der Waals surface area contributed by atoms with Gasteiger partial charge in [0.15, 0.2) is 0 Å². The summed E-state index contributed by atoms with van der Waals surface area (Å²) in [6, 6.07) is 14.5. The summed E-state index contributed by atoms with van der Waals surface area (Å²) >= 11 is 0. The predicted molar refractivity (Wildman–Crippen MR) is 111 cm³/mol. The molecule has 0 unspecified atom stereocenters. The van der Waals surface area contributed by atoms with Crippen LogP contribution < -0.4 is 16.0 Å². The Hall–Kier alpha value is -3.81. The summed E-state index contributed by atoms with van der Waals surface area (Å²) in [5, 5.41) is 8.13. The van der Waals surface area contributed by atoms with Gasteiger partial charge >= 0.3 is 12.1 Å². The first-order valence-electron chi connectivity index (χ1n) is 9.09. The summed E-state index contributed by atoms with van der Waals surface area (Å²) in [6.07, 6.45) is 3.15. The Kier molecular flexibility index (Phi) is 6.47. The smallest absolute Gasteiger partial charge is 0.411 e. The lowest BCUT2D eigenvalue weighted by Crippen LogP contribution is -2.28. The molecule has 0 saturated carbocycles. The topological polar surface area (TPSA) is 97.3 Å². The minimum absolute atomic E-state index is 0.337. The number of benzene rings is 2. The van der Waals surface area contributed by atoms with Crippen molar-refractivity contribution in [3.63, 3.8) is 0 Å². The molecular weight excluding hydrogens is 370 g/mol. The van der Waals surface area contributed by atoms with Crippen LogP contribution in [-0.4, -0.2) is 28.8 Å². The molecule has 2 aromatic carbocycles. The summed E-state index contributed by atoms with van der Waals surface area (Å²) in [6.45, 7) is 3.08. The average Bonchev–Trinajstić information content (AvgIpc) is 3.11. The monoisotopic (exact) mass is 393 g/mol. The number of anilines is 2. The maximum absolute atomic E-state index is 12.2. The predicted octanol–water partition coefficient (Wildman–Crippen LogP) is 3.74. The van der Waals surface area contributed by atoms with Gasteiger partial charge in [0.1, 0.15) is 5.82 Å². The normalized spacial score (nSPS) is 10.3. The van der Waals surface area contributed by atoms with E-state index in [9.17, 15) is 9.59 Å². The maximum atomic E-state index is 12.2. The number of ether oxygens (including phenoxy) is 1. The Bertz CT molecular complexity index is 999. The molecule has 3 rings (SSSR count). The number of hydrogen-bond acceptors (Lipinski definition) is 4. The summed E-state index contributed by atoms with van der Waals surface area (Å²) in [5.74, 6) is 0.955. The number of nitrogens with one attached hydrogen (secondary N) is 3. The first-order chi connectivity index (χ1) is 14.0. The van der Waals surface area contributed by atoms with Crippen molar-refractivity contribution in [1.29, 1.82) is 0 Å². The molecule has 0 aliphatic heterocycles. The SMILES string of the molecule is COC(=O)Nc1cccc(NC(=O)NCc2cccc(Cn3ccnc3C)c2)c1. The van der Waals surface area contributed by atoms with E-state index in [0.717, 1.165) is 23.5 Å². The standard InChI is InChI=1S/C21H23N5O3/c1-15-22-9-10-26(15)14-17-6-3-5-16(11-17)13-23-20(27)24-18-7-4-8-19(12-18)25-21(28)29-2/h3-12H,13-14H2,1-2H3,(H,25,28)(H2,23,24,27). The van der Waals surface area contributed by atoms with Gasteiger partial charge in [-0.1, -0.05) is 30.3 Å². The average molecular weight is 393 g/mol. The molecule has 8 heteroatoms. The highest BCUT2D eigenvalue weighted by molar-refractivity contribution is 5.91. The maximum Gasteiger partial charge on any atom is 0.411 e. The van der Waals surface area contributed by atoms with E-state index in [0.29, 0.717) is 17.9 Å². The number of carbonyl (C=O) groups excluding carboxylic acids is 2. The Morgan fingerprint density at radius 3 is 2.48 bits per heavy atom. The second-order valence-electron chi connectivity index (χ2n) is 6.43. The zero-order valence-electron chi connectivity index (χ0n) is 16.3. The van der Waals surface area contributed by atoms with Crippen LogP contribution in [0.4, 0.5) is 21.0 Å². The van der Waals surface area contributed by atoms with E-state index in [4.69, 9.17) is 0 Å². The lowest BCUT2D eigenvalue weighted by Gasteiger charge is -2.11. The van der Waals surface area contributed by atoms with E-state index in [-0.39, 0.29) is 6.03 Å². The highest BCUT2D eigenvalue weighted by Crippen LogP contribution is 2.15. The summed E-state index contributed by atoms with van der Waals surface area (Å²) in [7, 11) is 1.29. The molecule has 0 saturated heterocycles. The van der Waals surface area contributed by atoms with Crippen molar-refractivity contribution in [2.75, 3.05) is 17.7 Å². The van der Waals surface area contributed by atoms with Gasteiger partial charge in [0.25, 0.3) is 0 Å². The van der Waals surface area contributed by atoms with Crippen LogP contribution in [0.5, 0.6) is 0 Å². The van der Waals surface area contributed by atoms with Gasteiger partial charge in [-0.15, -0.1) is 0 Å². The lowest BCUT2D eigenvalue weighted by molar-refractivity contribution is 0.187. The van der Waals surface area contributed by atoms with Crippen LogP contribution in [0.25, 0.3) is 0 Å². The molecular formula is C21H23N5O3. The third-order valence-corrected chi connectivity index (χ3v) is 4.27. The van der Waals surface area contributed by atoms with Gasteiger partial charge in [-0.2, -0.15) is 0 Å². The molecule has 0 radical (unpaired) electrons. The zero-order chi connectivity index (χ0) is 20.6. The van der Waals surface area contributed by atoms with Gasteiger partial charge in [-0.3, -0.25) is 5.32 Å². The number of carbonyl (C=O) groups is 2. The molecule has 0 atom stereocenters. The Labute approximate surface area is 168 Å². The fourth-order valence-electron chi connectivity index (χ4n) is 2.81. The number of urea groups is 1. The first-order valence-corrected chi connectivity index (χ1v) is 9.09. The van der Waals surface area contributed by atoms with Gasteiger partial charge in [-0.25, -0.2) is 14.6 Å². The summed E-state index contributed by atoms with van der Waals surface area (Å²) in [4.78, 5) is 27.7. The number of aromatic nitrogens is 2. The number of nitrogens with zero attached hydrogens (tertiary/aromatic N) is 2. The van der Waals surface area contributed by atoms with Crippen molar-refractivity contribution in [3.05, 3.63) is 77.9 Å². The van der Waals surface area contributed by atoms with Crippen molar-refractivity contribution >= 4 is 23.5 Å². The lowest BCUT2D eigenvalue weighted by atomic mass is 10.1. The highest BCUT2D eigenvalue weighted by Gasteiger charge is 2.06. The van der Waals surface area contributed by atoms with E-state index in [1.165, 1.54) is 7.11 Å². The molecule has 150 valence electrons. The molecule has 0 bridgehead atoms. The van der Waals surface area contributed by atoms with Gasteiger partial charge in [0.2, 0.25) is 0 Å². The van der Waals surface area contributed by atoms with Crippen LogP contribution in [-0.2, 0) is 17.8 Å².